The second kappa shape index (κ2) is 47.3. The van der Waals surface area contributed by atoms with Crippen LogP contribution in [0.15, 0.2) is 34.9 Å². The summed E-state index contributed by atoms with van der Waals surface area (Å²) >= 11 is 3.37. The molecule has 0 saturated carbocycles. The average Bonchev–Trinajstić information content (AvgIpc) is 3.10. The van der Waals surface area contributed by atoms with E-state index in [0.717, 1.165) is 57.8 Å². The van der Waals surface area contributed by atoms with Gasteiger partial charge in [-0.05, 0) is 91.2 Å². The van der Waals surface area contributed by atoms with Gasteiger partial charge in [-0.1, -0.05) is 99.3 Å². The second-order valence-electron chi connectivity index (χ2n) is 15.0. The number of rotatable bonds is 28. The van der Waals surface area contributed by atoms with Gasteiger partial charge in [0.1, 0.15) is 0 Å². The molecule has 0 aromatic rings. The van der Waals surface area contributed by atoms with Crippen molar-refractivity contribution in [3.05, 3.63) is 34.9 Å². The van der Waals surface area contributed by atoms with E-state index in [1.54, 1.807) is 45.0 Å². The van der Waals surface area contributed by atoms with Crippen LogP contribution in [0.5, 0.6) is 0 Å². The summed E-state index contributed by atoms with van der Waals surface area (Å²) in [6.07, 6.45) is 19.2. The summed E-state index contributed by atoms with van der Waals surface area (Å²) in [6.45, 7) is 17.2. The molecular formula is C44H72O12Sn2. The Morgan fingerprint density at radius 1 is 0.397 bits per heavy atom. The van der Waals surface area contributed by atoms with Crippen molar-refractivity contribution >= 4 is 80.9 Å². The van der Waals surface area contributed by atoms with Gasteiger partial charge in [-0.2, -0.15) is 0 Å². The topological polar surface area (TPSA) is 241 Å². The summed E-state index contributed by atoms with van der Waals surface area (Å²) < 4.78 is 2.87. The fraction of sp³-hybridized carbons (Fsp3) is 0.727. The normalized spacial score (nSPS) is 11.3. The molecule has 328 valence electrons. The molecule has 0 aliphatic heterocycles. The van der Waals surface area contributed by atoms with Crippen LogP contribution < -0.4 is 30.6 Å². The van der Waals surface area contributed by atoms with Gasteiger partial charge in [0, 0.05) is 0 Å². The Morgan fingerprint density at radius 2 is 0.621 bits per heavy atom. The maximum atomic E-state index is 10.5. The molecule has 58 heavy (non-hydrogen) atoms. The van der Waals surface area contributed by atoms with Crippen LogP contribution in [0, 0.1) is 17.8 Å². The van der Waals surface area contributed by atoms with Crippen molar-refractivity contribution in [3.8, 4) is 0 Å². The van der Waals surface area contributed by atoms with Crippen LogP contribution in [0.2, 0.25) is 8.87 Å². The zero-order valence-corrected chi connectivity index (χ0v) is 42.4. The molecule has 0 heterocycles. The van der Waals surface area contributed by atoms with Crippen LogP contribution in [0.1, 0.15) is 177 Å². The zero-order valence-electron chi connectivity index (χ0n) is 36.7. The number of hydrogen-bond donors (Lipinski definition) is 0. The van der Waals surface area contributed by atoms with E-state index in [0.29, 0.717) is 55.2 Å². The van der Waals surface area contributed by atoms with Gasteiger partial charge >= 0.3 is 93.5 Å². The monoisotopic (exact) mass is 1030 g/mol. The Labute approximate surface area is 377 Å². The Morgan fingerprint density at radius 3 is 0.741 bits per heavy atom. The third-order valence-electron chi connectivity index (χ3n) is 7.91. The molecule has 0 aromatic carbocycles. The molecule has 0 radical (unpaired) electrons. The third-order valence-corrected chi connectivity index (χ3v) is 9.92. The number of unbranched alkanes of at least 4 members (excludes halogenated alkanes) is 8. The van der Waals surface area contributed by atoms with E-state index in [1.165, 1.54) is 34.6 Å². The molecule has 0 fully saturated rings. The first-order valence-electron chi connectivity index (χ1n) is 20.8. The Kier molecular flexibility index (Phi) is 52.8. The zero-order chi connectivity index (χ0) is 45.9. The van der Waals surface area contributed by atoms with Crippen LogP contribution >= 0.6 is 0 Å². The molecule has 0 N–H and O–H groups in total. The number of carboxylic acid groups (broad SMARTS) is 6. The van der Waals surface area contributed by atoms with Crippen molar-refractivity contribution in [2.75, 3.05) is 0 Å². The summed E-state index contributed by atoms with van der Waals surface area (Å²) in [6, 6.07) is 0. The molecule has 0 spiro atoms. The predicted molar refractivity (Wildman–Crippen MR) is 219 cm³/mol. The van der Waals surface area contributed by atoms with Crippen molar-refractivity contribution in [2.45, 2.75) is 186 Å². The first kappa shape index (κ1) is 64.8. The summed E-state index contributed by atoms with van der Waals surface area (Å²) in [4.78, 5) is 62.3. The molecule has 12 nitrogen and oxygen atoms in total. The number of aliphatic carboxylic acids is 6. The Hall–Kier alpha value is -2.36. The molecule has 0 atom stereocenters. The van der Waals surface area contributed by atoms with Crippen molar-refractivity contribution in [3.63, 3.8) is 0 Å². The molecule has 0 bridgehead atoms. The average molecular weight is 1030 g/mol. The van der Waals surface area contributed by atoms with Crippen molar-refractivity contribution in [2.24, 2.45) is 17.8 Å². The molecule has 0 saturated heterocycles. The van der Waals surface area contributed by atoms with Crippen LogP contribution in [0.3, 0.4) is 0 Å². The van der Waals surface area contributed by atoms with Crippen molar-refractivity contribution in [1.82, 2.24) is 0 Å². The second-order valence-corrected chi connectivity index (χ2v) is 17.9. The predicted octanol–water partition coefficient (Wildman–Crippen LogP) is 2.80. The molecule has 0 aliphatic rings. The molecule has 0 unspecified atom stereocenters. The molecule has 0 aliphatic carbocycles. The minimum atomic E-state index is -1.48. The maximum absolute atomic E-state index is 10.5. The third kappa shape index (κ3) is 60.3. The van der Waals surface area contributed by atoms with E-state index in [9.17, 15) is 59.4 Å². The number of carboxylic acids is 6. The van der Waals surface area contributed by atoms with Gasteiger partial charge in [0.15, 0.2) is 0 Å². The summed E-state index contributed by atoms with van der Waals surface area (Å²) in [5.74, 6) is -6.81. The van der Waals surface area contributed by atoms with E-state index in [1.807, 2.05) is 0 Å². The number of carbonyl (C=O) groups is 6. The molecular weight excluding hydrogens is 958 g/mol. The van der Waals surface area contributed by atoms with Gasteiger partial charge < -0.3 is 59.4 Å². The van der Waals surface area contributed by atoms with Gasteiger partial charge in [0.2, 0.25) is 0 Å². The number of carbonyl (C=O) groups excluding carboxylic acids is 6. The summed E-state index contributed by atoms with van der Waals surface area (Å²) in [5, 5.41) is 62.3. The molecule has 0 aromatic heterocycles. The van der Waals surface area contributed by atoms with Gasteiger partial charge in [0.05, 0.1) is 35.8 Å². The number of hydrogen-bond acceptors (Lipinski definition) is 12. The van der Waals surface area contributed by atoms with E-state index in [-0.39, 0.29) is 36.0 Å². The standard InChI is InChI=1S/3C12H20O4.2C4H9.2Sn/c3*1-9(2)6-4-3-5-7-10(12(15)16)8-11(13)14;2*1-3-4-2;;/h3*8-9H,3-7H2,1-2H3,(H,13,14)(H,15,16);2*1,3-4H2,2H3;;/q;;;;;2*+3/p-6/b3*10-8-;;;;. The quantitative estimate of drug-likeness (QED) is 0.0625. The van der Waals surface area contributed by atoms with E-state index in [4.69, 9.17) is 0 Å². The SMILES string of the molecule is CC(C)CCCCC/C(=C/C(=O)[O-])C(=O)[O-].CC(C)CCCCC/C(=C/C(=O)[O-])C(=O)[O-].CC(C)CCCCC/C(=C/C(=O)[O-])C(=O)[O-].CCC[CH2][Sn+3].CCC[CH2][Sn+3]. The van der Waals surface area contributed by atoms with Gasteiger partial charge in [0.25, 0.3) is 0 Å². The molecule has 0 rings (SSSR count). The fourth-order valence-electron chi connectivity index (χ4n) is 4.61. The van der Waals surface area contributed by atoms with Crippen LogP contribution in [0.4, 0.5) is 0 Å². The van der Waals surface area contributed by atoms with Crippen LogP contribution in [-0.4, -0.2) is 80.9 Å². The summed E-state index contributed by atoms with van der Waals surface area (Å²) in [7, 11) is 0. The Balaban J connectivity index is -0.000000216. The minimum absolute atomic E-state index is 0.190. The van der Waals surface area contributed by atoms with Gasteiger partial charge in [-0.25, -0.2) is 0 Å². The van der Waals surface area contributed by atoms with Crippen molar-refractivity contribution in [1.29, 1.82) is 0 Å². The molecule has 0 amide bonds. The van der Waals surface area contributed by atoms with Crippen molar-refractivity contribution < 1.29 is 59.4 Å². The molecule has 14 heteroatoms. The fourth-order valence-corrected chi connectivity index (χ4v) is 6.63. The first-order valence-corrected chi connectivity index (χ1v) is 24.8. The van der Waals surface area contributed by atoms with Gasteiger partial charge in [-0.15, -0.1) is 0 Å². The van der Waals surface area contributed by atoms with Crippen LogP contribution in [-0.2, 0) is 28.8 Å². The van der Waals surface area contributed by atoms with E-state index >= 15 is 0 Å². The Bertz CT molecular complexity index is 1030. The van der Waals surface area contributed by atoms with E-state index in [2.05, 4.69) is 55.4 Å². The van der Waals surface area contributed by atoms with Gasteiger partial charge in [-0.3, -0.25) is 0 Å². The first-order chi connectivity index (χ1) is 27.1. The van der Waals surface area contributed by atoms with E-state index < -0.39 is 35.8 Å². The summed E-state index contributed by atoms with van der Waals surface area (Å²) in [5.41, 5.74) is -0.571. The van der Waals surface area contributed by atoms with Crippen LogP contribution in [0.25, 0.3) is 0 Å².